The molecule has 1 aliphatic heterocycles. The predicted octanol–water partition coefficient (Wildman–Crippen LogP) is 4.11. The molecule has 0 spiro atoms. The summed E-state index contributed by atoms with van der Waals surface area (Å²) < 4.78 is 5.40. The summed E-state index contributed by atoms with van der Waals surface area (Å²) in [6.45, 7) is 10.2. The molecule has 1 saturated heterocycles. The van der Waals surface area contributed by atoms with Crippen molar-refractivity contribution in [1.29, 1.82) is 0 Å². The molecule has 0 amide bonds. The van der Waals surface area contributed by atoms with Crippen LogP contribution in [0.2, 0.25) is 0 Å². The number of allylic oxidation sites excluding steroid dienone is 4. The van der Waals surface area contributed by atoms with Gasteiger partial charge in [0.05, 0.1) is 12.2 Å². The number of rotatable bonds is 2. The smallest absolute Gasteiger partial charge is 0.334 e. The predicted molar refractivity (Wildman–Crippen MR) is 92.8 cm³/mol. The first kappa shape index (κ1) is 17.7. The van der Waals surface area contributed by atoms with Crippen molar-refractivity contribution in [2.24, 2.45) is 11.8 Å². The van der Waals surface area contributed by atoms with Crippen molar-refractivity contribution in [2.75, 3.05) is 6.61 Å². The second-order valence-electron chi connectivity index (χ2n) is 7.23. The molecule has 3 heteroatoms. The van der Waals surface area contributed by atoms with Gasteiger partial charge >= 0.3 is 5.97 Å². The van der Waals surface area contributed by atoms with Gasteiger partial charge in [-0.1, -0.05) is 42.0 Å². The van der Waals surface area contributed by atoms with Gasteiger partial charge in [0.1, 0.15) is 0 Å². The molecule has 1 aliphatic carbocycles. The lowest BCUT2D eigenvalue weighted by Gasteiger charge is -2.34. The lowest BCUT2D eigenvalue weighted by Crippen LogP contribution is -2.34. The van der Waals surface area contributed by atoms with Gasteiger partial charge in [-0.2, -0.15) is 0 Å². The Labute approximate surface area is 139 Å². The van der Waals surface area contributed by atoms with Crippen molar-refractivity contribution in [1.82, 2.24) is 0 Å². The summed E-state index contributed by atoms with van der Waals surface area (Å²) in [4.78, 5) is 12.2. The van der Waals surface area contributed by atoms with Gasteiger partial charge in [-0.25, -0.2) is 4.79 Å². The van der Waals surface area contributed by atoms with Crippen LogP contribution < -0.4 is 0 Å². The van der Waals surface area contributed by atoms with Crippen LogP contribution in [0.5, 0.6) is 0 Å². The van der Waals surface area contributed by atoms with E-state index < -0.39 is 5.60 Å². The fourth-order valence-electron chi connectivity index (χ4n) is 3.25. The van der Waals surface area contributed by atoms with E-state index in [-0.39, 0.29) is 17.8 Å². The minimum absolute atomic E-state index is 0.150. The molecule has 0 aromatic heterocycles. The Balaban J connectivity index is 2.29. The van der Waals surface area contributed by atoms with Crippen LogP contribution >= 0.6 is 0 Å². The number of carbonyl (C=O) groups is 1. The molecular formula is C20H28O3. The van der Waals surface area contributed by atoms with Gasteiger partial charge in [-0.15, -0.1) is 0 Å². The molecular weight excluding hydrogens is 288 g/mol. The summed E-state index contributed by atoms with van der Waals surface area (Å²) in [5, 5.41) is 9.79. The number of aliphatic hydroxyl groups is 1. The van der Waals surface area contributed by atoms with Gasteiger partial charge in [0, 0.05) is 17.4 Å². The van der Waals surface area contributed by atoms with Crippen LogP contribution in [0.3, 0.4) is 0 Å². The molecule has 2 atom stereocenters. The van der Waals surface area contributed by atoms with E-state index in [4.69, 9.17) is 4.74 Å². The van der Waals surface area contributed by atoms with Gasteiger partial charge in [0.25, 0.3) is 0 Å². The zero-order valence-electron chi connectivity index (χ0n) is 14.5. The lowest BCUT2D eigenvalue weighted by molar-refractivity contribution is -0.144. The molecule has 2 aliphatic rings. The third-order valence-electron chi connectivity index (χ3n) is 4.63. The average Bonchev–Trinajstić information content (AvgIpc) is 2.51. The van der Waals surface area contributed by atoms with Gasteiger partial charge in [0.2, 0.25) is 0 Å². The molecule has 0 saturated carbocycles. The molecule has 2 unspecified atom stereocenters. The highest BCUT2D eigenvalue weighted by Crippen LogP contribution is 2.38. The SMILES string of the molecule is C=C1CCC=C(C)CCC2C(=CC=CC(C)(C)O)C(=O)OCC12. The Morgan fingerprint density at radius 2 is 2.09 bits per heavy atom. The van der Waals surface area contributed by atoms with Crippen molar-refractivity contribution in [2.45, 2.75) is 52.1 Å². The van der Waals surface area contributed by atoms with E-state index in [1.807, 2.05) is 0 Å². The number of fused-ring (bicyclic) bond motifs is 1. The number of hydrogen-bond donors (Lipinski definition) is 1. The fraction of sp³-hybridized carbons (Fsp3) is 0.550. The maximum Gasteiger partial charge on any atom is 0.334 e. The molecule has 1 fully saturated rings. The second kappa shape index (κ2) is 7.31. The Bertz CT molecular complexity index is 558. The summed E-state index contributed by atoms with van der Waals surface area (Å²) in [5.41, 5.74) is 2.36. The third-order valence-corrected chi connectivity index (χ3v) is 4.63. The van der Waals surface area contributed by atoms with Gasteiger partial charge in [-0.05, 0) is 46.5 Å². The minimum atomic E-state index is -0.892. The van der Waals surface area contributed by atoms with E-state index in [1.54, 1.807) is 32.1 Å². The molecule has 23 heavy (non-hydrogen) atoms. The normalized spacial score (nSPS) is 28.7. The van der Waals surface area contributed by atoms with Crippen molar-refractivity contribution in [3.05, 3.63) is 47.6 Å². The van der Waals surface area contributed by atoms with Crippen molar-refractivity contribution >= 4 is 5.97 Å². The summed E-state index contributed by atoms with van der Waals surface area (Å²) in [7, 11) is 0. The third kappa shape index (κ3) is 4.93. The van der Waals surface area contributed by atoms with Crippen molar-refractivity contribution < 1.29 is 14.6 Å². The van der Waals surface area contributed by atoms with Crippen LogP contribution in [0.4, 0.5) is 0 Å². The number of hydrogen-bond acceptors (Lipinski definition) is 3. The minimum Gasteiger partial charge on any atom is -0.462 e. The molecule has 0 aromatic carbocycles. The average molecular weight is 316 g/mol. The Hall–Kier alpha value is -1.61. The van der Waals surface area contributed by atoms with Crippen LogP contribution in [0.15, 0.2) is 47.6 Å². The topological polar surface area (TPSA) is 46.5 Å². The van der Waals surface area contributed by atoms with E-state index >= 15 is 0 Å². The van der Waals surface area contributed by atoms with E-state index in [1.165, 1.54) is 11.1 Å². The number of cyclic esters (lactones) is 1. The maximum absolute atomic E-state index is 12.2. The zero-order valence-corrected chi connectivity index (χ0v) is 14.5. The Morgan fingerprint density at radius 3 is 2.78 bits per heavy atom. The summed E-state index contributed by atoms with van der Waals surface area (Å²) >= 11 is 0. The number of esters is 1. The summed E-state index contributed by atoms with van der Waals surface area (Å²) in [5.74, 6) is 0.116. The first-order chi connectivity index (χ1) is 10.8. The largest absolute Gasteiger partial charge is 0.462 e. The highest BCUT2D eigenvalue weighted by atomic mass is 16.5. The van der Waals surface area contributed by atoms with E-state index in [2.05, 4.69) is 19.6 Å². The molecule has 2 rings (SSSR count). The molecule has 126 valence electrons. The molecule has 0 radical (unpaired) electrons. The number of carbonyl (C=O) groups excluding carboxylic acids is 1. The van der Waals surface area contributed by atoms with Gasteiger partial charge in [0.15, 0.2) is 0 Å². The van der Waals surface area contributed by atoms with Crippen molar-refractivity contribution in [3.63, 3.8) is 0 Å². The maximum atomic E-state index is 12.2. The second-order valence-corrected chi connectivity index (χ2v) is 7.23. The van der Waals surface area contributed by atoms with E-state index in [0.29, 0.717) is 12.2 Å². The van der Waals surface area contributed by atoms with Crippen LogP contribution in [0.1, 0.15) is 46.5 Å². The molecule has 0 aromatic rings. The molecule has 1 N–H and O–H groups in total. The lowest BCUT2D eigenvalue weighted by atomic mass is 9.76. The zero-order chi connectivity index (χ0) is 17.0. The van der Waals surface area contributed by atoms with Crippen LogP contribution in [0, 0.1) is 11.8 Å². The highest BCUT2D eigenvalue weighted by Gasteiger charge is 2.36. The van der Waals surface area contributed by atoms with E-state index in [9.17, 15) is 9.90 Å². The summed E-state index contributed by atoms with van der Waals surface area (Å²) in [6, 6.07) is 0. The first-order valence-electron chi connectivity index (χ1n) is 8.40. The number of ether oxygens (including phenoxy) is 1. The summed E-state index contributed by atoms with van der Waals surface area (Å²) in [6.07, 6.45) is 11.4. The Kier molecular flexibility index (Phi) is 5.64. The highest BCUT2D eigenvalue weighted by molar-refractivity contribution is 5.90. The standard InChI is InChI=1S/C20H28O3/c1-14-7-5-8-15(2)18-13-23-19(21)17(16(18)11-10-14)9-6-12-20(3,4)22/h6-7,9,12,16,18,22H,2,5,8,10-11,13H2,1,3-4H3. The molecule has 3 nitrogen and oxygen atoms in total. The quantitative estimate of drug-likeness (QED) is 0.474. The Morgan fingerprint density at radius 1 is 1.35 bits per heavy atom. The van der Waals surface area contributed by atoms with Crippen LogP contribution in [-0.4, -0.2) is 23.3 Å². The first-order valence-corrected chi connectivity index (χ1v) is 8.40. The van der Waals surface area contributed by atoms with E-state index in [0.717, 1.165) is 25.7 Å². The van der Waals surface area contributed by atoms with Gasteiger partial charge < -0.3 is 9.84 Å². The molecule has 0 bridgehead atoms. The fourth-order valence-corrected chi connectivity index (χ4v) is 3.25. The van der Waals surface area contributed by atoms with Crippen LogP contribution in [-0.2, 0) is 9.53 Å². The van der Waals surface area contributed by atoms with Crippen molar-refractivity contribution in [3.8, 4) is 0 Å². The monoisotopic (exact) mass is 316 g/mol. The molecule has 1 heterocycles. The van der Waals surface area contributed by atoms with Gasteiger partial charge in [-0.3, -0.25) is 0 Å². The van der Waals surface area contributed by atoms with Crippen LogP contribution in [0.25, 0.3) is 0 Å².